The second kappa shape index (κ2) is 11.8. The van der Waals surface area contributed by atoms with E-state index in [2.05, 4.69) is 56.9 Å². The Hall–Kier alpha value is -2.50. The molecule has 0 amide bonds. The van der Waals surface area contributed by atoms with Crippen LogP contribution in [0.25, 0.3) is 12.2 Å². The van der Waals surface area contributed by atoms with Crippen LogP contribution in [0.4, 0.5) is 0 Å². The third-order valence-corrected chi connectivity index (χ3v) is 6.71. The fourth-order valence-corrected chi connectivity index (χ4v) is 3.84. The van der Waals surface area contributed by atoms with Crippen LogP contribution in [-0.4, -0.2) is 33.7 Å². The number of phenols is 1. The van der Waals surface area contributed by atoms with E-state index in [0.29, 0.717) is 5.75 Å². The van der Waals surface area contributed by atoms with Gasteiger partial charge >= 0.3 is 0 Å². The highest BCUT2D eigenvalue weighted by Gasteiger charge is 2.12. The van der Waals surface area contributed by atoms with Crippen molar-refractivity contribution in [2.75, 3.05) is 20.5 Å². The lowest BCUT2D eigenvalue weighted by Gasteiger charge is -2.16. The molecule has 31 heavy (non-hydrogen) atoms. The molecule has 0 heterocycles. The van der Waals surface area contributed by atoms with Crippen molar-refractivity contribution in [3.05, 3.63) is 64.7 Å². The number of allylic oxidation sites excluding steroid dienone is 2. The molecule has 0 bridgehead atoms. The van der Waals surface area contributed by atoms with E-state index in [1.807, 2.05) is 25.1 Å². The van der Waals surface area contributed by atoms with E-state index >= 15 is 0 Å². The van der Waals surface area contributed by atoms with Crippen LogP contribution >= 0.6 is 0 Å². The Balaban J connectivity index is 2.20. The molecule has 0 saturated carbocycles. The van der Waals surface area contributed by atoms with Gasteiger partial charge in [0, 0.05) is 14.7 Å². The molecule has 0 aliphatic rings. The highest BCUT2D eigenvalue weighted by molar-refractivity contribution is 6.76. The van der Waals surface area contributed by atoms with E-state index in [1.165, 1.54) is 11.1 Å². The molecule has 5 heteroatoms. The van der Waals surface area contributed by atoms with Gasteiger partial charge in [-0.1, -0.05) is 50.0 Å². The number of rotatable bonds is 11. The molecule has 0 fully saturated rings. The van der Waals surface area contributed by atoms with E-state index in [4.69, 9.17) is 14.2 Å². The Morgan fingerprint density at radius 3 is 2.52 bits per heavy atom. The maximum absolute atomic E-state index is 9.82. The average molecular weight is 441 g/mol. The number of benzene rings is 2. The van der Waals surface area contributed by atoms with E-state index in [9.17, 15) is 5.11 Å². The molecule has 168 valence electrons. The zero-order valence-corrected chi connectivity index (χ0v) is 20.7. The lowest BCUT2D eigenvalue weighted by atomic mass is 9.97. The molecule has 1 N–H and O–H groups in total. The summed E-state index contributed by atoms with van der Waals surface area (Å²) in [5.41, 5.74) is 4.49. The standard InChI is InChI=1S/C26H36O4Si/c1-7-8-9-24-20(2)16-23(30-19-29-14-15-31(4,5)6)18-22(24)12-10-21-11-13-25(27)26(17-21)28-3/h7-8,10-13,16-18,27H,9,14-15,19H2,1-6H3/b8-7+,12-10+. The van der Waals surface area contributed by atoms with Crippen molar-refractivity contribution in [2.24, 2.45) is 0 Å². The first-order chi connectivity index (χ1) is 14.7. The fourth-order valence-electron chi connectivity index (χ4n) is 3.09. The van der Waals surface area contributed by atoms with Crippen LogP contribution in [0.1, 0.15) is 29.2 Å². The number of aryl methyl sites for hydroxylation is 1. The summed E-state index contributed by atoms with van der Waals surface area (Å²) in [7, 11) is 0.450. The largest absolute Gasteiger partial charge is 0.504 e. The number of hydrogen-bond donors (Lipinski definition) is 1. The van der Waals surface area contributed by atoms with Crippen LogP contribution < -0.4 is 9.47 Å². The minimum Gasteiger partial charge on any atom is -0.504 e. The van der Waals surface area contributed by atoms with E-state index in [0.717, 1.165) is 35.9 Å². The van der Waals surface area contributed by atoms with Gasteiger partial charge in [0.25, 0.3) is 0 Å². The molecule has 0 aliphatic heterocycles. The van der Waals surface area contributed by atoms with E-state index in [1.54, 1.807) is 13.2 Å². The van der Waals surface area contributed by atoms with Crippen molar-refractivity contribution < 1.29 is 19.3 Å². The molecule has 0 unspecified atom stereocenters. The Labute approximate surface area is 188 Å². The number of hydrogen-bond acceptors (Lipinski definition) is 4. The minimum absolute atomic E-state index is 0.133. The molecular formula is C26H36O4Si. The molecular weight excluding hydrogens is 404 g/mol. The van der Waals surface area contributed by atoms with Gasteiger partial charge < -0.3 is 19.3 Å². The van der Waals surface area contributed by atoms with E-state index < -0.39 is 8.07 Å². The maximum atomic E-state index is 9.82. The van der Waals surface area contributed by atoms with Gasteiger partial charge in [-0.2, -0.15) is 0 Å². The van der Waals surface area contributed by atoms with Gasteiger partial charge in [-0.15, -0.1) is 0 Å². The van der Waals surface area contributed by atoms with Gasteiger partial charge in [0.15, 0.2) is 18.3 Å². The van der Waals surface area contributed by atoms with Crippen molar-refractivity contribution in [1.82, 2.24) is 0 Å². The monoisotopic (exact) mass is 440 g/mol. The van der Waals surface area contributed by atoms with Crippen molar-refractivity contribution in [2.45, 2.75) is 46.0 Å². The molecule has 2 aromatic carbocycles. The van der Waals surface area contributed by atoms with Gasteiger partial charge in [0.05, 0.1) is 7.11 Å². The van der Waals surface area contributed by atoms with Crippen molar-refractivity contribution in [3.8, 4) is 17.2 Å². The normalized spacial score (nSPS) is 12.1. The summed E-state index contributed by atoms with van der Waals surface area (Å²) in [6.07, 6.45) is 9.17. The zero-order chi connectivity index (χ0) is 22.9. The van der Waals surface area contributed by atoms with Gasteiger partial charge in [-0.3, -0.25) is 0 Å². The first kappa shape index (κ1) is 24.8. The summed E-state index contributed by atoms with van der Waals surface area (Å²) < 4.78 is 16.8. The summed E-state index contributed by atoms with van der Waals surface area (Å²) in [5.74, 6) is 1.39. The molecule has 0 atom stereocenters. The van der Waals surface area contributed by atoms with Gasteiger partial charge in [0.1, 0.15) is 5.75 Å². The zero-order valence-electron chi connectivity index (χ0n) is 19.7. The summed E-state index contributed by atoms with van der Waals surface area (Å²) in [4.78, 5) is 0. The smallest absolute Gasteiger partial charge is 0.189 e. The summed E-state index contributed by atoms with van der Waals surface area (Å²) in [5, 5.41) is 9.82. The van der Waals surface area contributed by atoms with Crippen LogP contribution in [0.5, 0.6) is 17.2 Å². The second-order valence-electron chi connectivity index (χ2n) is 8.83. The fraction of sp³-hybridized carbons (Fsp3) is 0.385. The van der Waals surface area contributed by atoms with Crippen LogP contribution in [0.2, 0.25) is 25.7 Å². The molecule has 4 nitrogen and oxygen atoms in total. The molecule has 0 aliphatic carbocycles. The number of ether oxygens (including phenoxy) is 3. The van der Waals surface area contributed by atoms with Gasteiger partial charge in [-0.05, 0) is 72.8 Å². The van der Waals surface area contributed by atoms with Crippen LogP contribution in [0.3, 0.4) is 0 Å². The Morgan fingerprint density at radius 2 is 1.84 bits per heavy atom. The van der Waals surface area contributed by atoms with Crippen molar-refractivity contribution >= 4 is 20.2 Å². The third-order valence-electron chi connectivity index (χ3n) is 5.00. The number of aromatic hydroxyl groups is 1. The first-order valence-corrected chi connectivity index (χ1v) is 14.4. The lowest BCUT2D eigenvalue weighted by Crippen LogP contribution is -2.22. The minimum atomic E-state index is -1.10. The number of phenolic OH excluding ortho intramolecular Hbond substituents is 1. The Bertz CT molecular complexity index is 910. The maximum Gasteiger partial charge on any atom is 0.189 e. The third kappa shape index (κ3) is 8.27. The highest BCUT2D eigenvalue weighted by Crippen LogP contribution is 2.29. The Morgan fingerprint density at radius 1 is 1.06 bits per heavy atom. The van der Waals surface area contributed by atoms with Crippen molar-refractivity contribution in [1.29, 1.82) is 0 Å². The highest BCUT2D eigenvalue weighted by atomic mass is 28.3. The predicted molar refractivity (Wildman–Crippen MR) is 133 cm³/mol. The molecule has 0 spiro atoms. The molecule has 0 aromatic heterocycles. The summed E-state index contributed by atoms with van der Waals surface area (Å²) in [6.45, 7) is 12.2. The first-order valence-electron chi connectivity index (χ1n) is 10.7. The quantitative estimate of drug-likeness (QED) is 0.139. The summed E-state index contributed by atoms with van der Waals surface area (Å²) >= 11 is 0. The molecule has 0 radical (unpaired) electrons. The Kier molecular flexibility index (Phi) is 9.40. The van der Waals surface area contributed by atoms with E-state index in [-0.39, 0.29) is 12.5 Å². The topological polar surface area (TPSA) is 47.9 Å². The van der Waals surface area contributed by atoms with Gasteiger partial charge in [0.2, 0.25) is 0 Å². The van der Waals surface area contributed by atoms with Crippen LogP contribution in [-0.2, 0) is 11.2 Å². The second-order valence-corrected chi connectivity index (χ2v) is 14.4. The SMILES string of the molecule is C/C=C/Cc1c(C)cc(OCOCC[Si](C)(C)C)cc1/C=C/c1ccc(O)c(OC)c1. The predicted octanol–water partition coefficient (Wildman–Crippen LogP) is 6.69. The lowest BCUT2D eigenvalue weighted by molar-refractivity contribution is 0.0220. The average Bonchev–Trinajstić information content (AvgIpc) is 2.71. The van der Waals surface area contributed by atoms with Crippen molar-refractivity contribution in [3.63, 3.8) is 0 Å². The molecule has 0 saturated heterocycles. The number of methoxy groups -OCH3 is 1. The van der Waals surface area contributed by atoms with Crippen LogP contribution in [0.15, 0.2) is 42.5 Å². The molecule has 2 rings (SSSR count). The van der Waals surface area contributed by atoms with Crippen LogP contribution in [0, 0.1) is 6.92 Å². The summed E-state index contributed by atoms with van der Waals surface area (Å²) in [6, 6.07) is 10.6. The van der Waals surface area contributed by atoms with Gasteiger partial charge in [-0.25, -0.2) is 0 Å². The molecule has 2 aromatic rings.